The molecule has 25 heavy (non-hydrogen) atoms. The van der Waals surface area contributed by atoms with Gasteiger partial charge >= 0.3 is 6.18 Å². The van der Waals surface area contributed by atoms with Crippen LogP contribution in [0.15, 0.2) is 30.7 Å². The van der Waals surface area contributed by atoms with Gasteiger partial charge in [-0.05, 0) is 31.0 Å². The summed E-state index contributed by atoms with van der Waals surface area (Å²) in [6.45, 7) is 0. The molecule has 0 aliphatic heterocycles. The lowest BCUT2D eigenvalue weighted by atomic mass is 10.1. The number of carbonyl (C=O) groups is 1. The van der Waals surface area contributed by atoms with Gasteiger partial charge in [0.25, 0.3) is 5.91 Å². The summed E-state index contributed by atoms with van der Waals surface area (Å²) < 4.78 is 39.0. The molecule has 1 heterocycles. The second-order valence-corrected chi connectivity index (χ2v) is 5.53. The molecule has 1 aromatic carbocycles. The molecule has 0 atom stereocenters. The first-order valence-corrected chi connectivity index (χ1v) is 7.37. The number of rotatable bonds is 4. The Bertz CT molecular complexity index is 856. The zero-order valence-corrected chi connectivity index (χ0v) is 12.8. The summed E-state index contributed by atoms with van der Waals surface area (Å²) in [7, 11) is 0. The molecular formula is C16H12F3N5O. The van der Waals surface area contributed by atoms with Gasteiger partial charge in [-0.2, -0.15) is 18.4 Å². The number of aromatic nitrogens is 2. The first-order chi connectivity index (χ1) is 11.9. The Kier molecular flexibility index (Phi) is 4.27. The molecule has 3 rings (SSSR count). The minimum absolute atomic E-state index is 0.232. The quantitative estimate of drug-likeness (QED) is 0.886. The van der Waals surface area contributed by atoms with Crippen molar-refractivity contribution in [1.82, 2.24) is 9.97 Å². The van der Waals surface area contributed by atoms with Crippen molar-refractivity contribution in [3.05, 3.63) is 47.5 Å². The number of carbonyl (C=O) groups excluding carboxylic acids is 1. The highest BCUT2D eigenvalue weighted by atomic mass is 19.4. The fraction of sp³-hybridized carbons (Fsp3) is 0.250. The van der Waals surface area contributed by atoms with E-state index in [-0.39, 0.29) is 11.7 Å². The van der Waals surface area contributed by atoms with Gasteiger partial charge in [-0.15, -0.1) is 0 Å². The van der Waals surface area contributed by atoms with Crippen LogP contribution in [-0.4, -0.2) is 21.9 Å². The number of nitrogens with zero attached hydrogens (tertiary/aromatic N) is 3. The highest BCUT2D eigenvalue weighted by molar-refractivity contribution is 6.06. The molecule has 128 valence electrons. The molecule has 1 amide bonds. The molecule has 0 bridgehead atoms. The number of hydrogen-bond acceptors (Lipinski definition) is 5. The van der Waals surface area contributed by atoms with E-state index in [4.69, 9.17) is 5.26 Å². The SMILES string of the molecule is N#Cc1ccc(NC(=O)c2cncnc2C(F)(F)F)c(NC2CC2)c1. The van der Waals surface area contributed by atoms with Crippen LogP contribution in [0.3, 0.4) is 0 Å². The third kappa shape index (κ3) is 3.85. The van der Waals surface area contributed by atoms with Gasteiger partial charge in [0, 0.05) is 12.2 Å². The maximum Gasteiger partial charge on any atom is 0.434 e. The van der Waals surface area contributed by atoms with Crippen LogP contribution in [0.2, 0.25) is 0 Å². The van der Waals surface area contributed by atoms with Crippen LogP contribution >= 0.6 is 0 Å². The summed E-state index contributed by atoms with van der Waals surface area (Å²) in [6, 6.07) is 6.70. The van der Waals surface area contributed by atoms with Gasteiger partial charge < -0.3 is 10.6 Å². The van der Waals surface area contributed by atoms with E-state index in [2.05, 4.69) is 20.6 Å². The van der Waals surface area contributed by atoms with Crippen LogP contribution in [0.1, 0.15) is 34.5 Å². The average molecular weight is 347 g/mol. The Balaban J connectivity index is 1.90. The van der Waals surface area contributed by atoms with Crippen molar-refractivity contribution in [2.24, 2.45) is 0 Å². The molecule has 1 aliphatic rings. The van der Waals surface area contributed by atoms with Crippen molar-refractivity contribution in [3.63, 3.8) is 0 Å². The largest absolute Gasteiger partial charge is 0.434 e. The molecule has 1 aromatic heterocycles. The Morgan fingerprint density at radius 1 is 1.28 bits per heavy atom. The lowest BCUT2D eigenvalue weighted by Crippen LogP contribution is -2.21. The van der Waals surface area contributed by atoms with Gasteiger partial charge in [0.1, 0.15) is 6.33 Å². The van der Waals surface area contributed by atoms with Crippen molar-refractivity contribution in [3.8, 4) is 6.07 Å². The van der Waals surface area contributed by atoms with Gasteiger partial charge in [-0.1, -0.05) is 0 Å². The number of alkyl halides is 3. The van der Waals surface area contributed by atoms with Gasteiger partial charge in [0.05, 0.1) is 28.6 Å². The second-order valence-electron chi connectivity index (χ2n) is 5.53. The highest BCUT2D eigenvalue weighted by Crippen LogP contribution is 2.32. The molecule has 0 spiro atoms. The normalized spacial score (nSPS) is 13.8. The molecule has 0 saturated heterocycles. The fourth-order valence-electron chi connectivity index (χ4n) is 2.20. The van der Waals surface area contributed by atoms with Crippen molar-refractivity contribution < 1.29 is 18.0 Å². The average Bonchev–Trinajstić information content (AvgIpc) is 3.39. The van der Waals surface area contributed by atoms with Gasteiger partial charge in [-0.3, -0.25) is 4.79 Å². The summed E-state index contributed by atoms with van der Waals surface area (Å²) in [5, 5.41) is 14.6. The smallest absolute Gasteiger partial charge is 0.381 e. The van der Waals surface area contributed by atoms with Crippen molar-refractivity contribution in [1.29, 1.82) is 5.26 Å². The van der Waals surface area contributed by atoms with E-state index in [0.717, 1.165) is 25.4 Å². The molecule has 2 aromatic rings. The van der Waals surface area contributed by atoms with E-state index < -0.39 is 23.3 Å². The highest BCUT2D eigenvalue weighted by Gasteiger charge is 2.37. The molecule has 0 radical (unpaired) electrons. The van der Waals surface area contributed by atoms with Crippen LogP contribution in [0, 0.1) is 11.3 Å². The number of benzene rings is 1. The molecule has 1 fully saturated rings. The van der Waals surface area contributed by atoms with Crippen LogP contribution < -0.4 is 10.6 Å². The predicted molar refractivity (Wildman–Crippen MR) is 82.8 cm³/mol. The van der Waals surface area contributed by atoms with Crippen LogP contribution in [0.25, 0.3) is 0 Å². The number of nitriles is 1. The Morgan fingerprint density at radius 3 is 2.68 bits per heavy atom. The minimum atomic E-state index is -4.77. The fourth-order valence-corrected chi connectivity index (χ4v) is 2.20. The Hall–Kier alpha value is -3.15. The zero-order chi connectivity index (χ0) is 18.0. The van der Waals surface area contributed by atoms with E-state index >= 15 is 0 Å². The topological polar surface area (TPSA) is 90.7 Å². The number of hydrogen-bond donors (Lipinski definition) is 2. The minimum Gasteiger partial charge on any atom is -0.381 e. The molecule has 1 aliphatic carbocycles. The lowest BCUT2D eigenvalue weighted by Gasteiger charge is -2.15. The monoisotopic (exact) mass is 347 g/mol. The lowest BCUT2D eigenvalue weighted by molar-refractivity contribution is -0.141. The molecule has 2 N–H and O–H groups in total. The van der Waals surface area contributed by atoms with Crippen LogP contribution in [-0.2, 0) is 6.18 Å². The summed E-state index contributed by atoms with van der Waals surface area (Å²) in [5.41, 5.74) is -0.824. The third-order valence-corrected chi connectivity index (χ3v) is 3.56. The number of nitrogens with one attached hydrogen (secondary N) is 2. The summed E-state index contributed by atoms with van der Waals surface area (Å²) >= 11 is 0. The molecule has 0 unspecified atom stereocenters. The number of anilines is 2. The number of halogens is 3. The van der Waals surface area contributed by atoms with E-state index in [9.17, 15) is 18.0 Å². The maximum absolute atomic E-state index is 13.0. The van der Waals surface area contributed by atoms with Crippen LogP contribution in [0.4, 0.5) is 24.5 Å². The predicted octanol–water partition coefficient (Wildman–Crippen LogP) is 3.19. The molecule has 1 saturated carbocycles. The standard InChI is InChI=1S/C16H12F3N5O/c17-16(18,19)14-11(7-21-8-22-14)15(25)24-12-4-1-9(6-20)5-13(12)23-10-2-3-10/h1,4-5,7-8,10,23H,2-3H2,(H,24,25). The summed E-state index contributed by atoms with van der Waals surface area (Å²) in [6.07, 6.45) is -1.30. The summed E-state index contributed by atoms with van der Waals surface area (Å²) in [4.78, 5) is 19.0. The summed E-state index contributed by atoms with van der Waals surface area (Å²) in [5.74, 6) is -0.975. The van der Waals surface area contributed by atoms with Crippen LogP contribution in [0.5, 0.6) is 0 Å². The van der Waals surface area contributed by atoms with Gasteiger partial charge in [-0.25, -0.2) is 9.97 Å². The third-order valence-electron chi connectivity index (χ3n) is 3.56. The molecule has 6 nitrogen and oxygen atoms in total. The van der Waals surface area contributed by atoms with E-state index in [0.29, 0.717) is 11.3 Å². The molecule has 9 heteroatoms. The van der Waals surface area contributed by atoms with E-state index in [1.165, 1.54) is 12.1 Å². The Labute approximate surface area is 140 Å². The zero-order valence-electron chi connectivity index (χ0n) is 12.8. The van der Waals surface area contributed by atoms with Crippen molar-refractivity contribution in [2.45, 2.75) is 25.1 Å². The van der Waals surface area contributed by atoms with Gasteiger partial charge in [0.15, 0.2) is 5.69 Å². The van der Waals surface area contributed by atoms with Gasteiger partial charge in [0.2, 0.25) is 0 Å². The van der Waals surface area contributed by atoms with Crippen molar-refractivity contribution >= 4 is 17.3 Å². The number of amides is 1. The van der Waals surface area contributed by atoms with E-state index in [1.54, 1.807) is 6.07 Å². The second kappa shape index (κ2) is 6.39. The first-order valence-electron chi connectivity index (χ1n) is 7.37. The first kappa shape index (κ1) is 16.7. The van der Waals surface area contributed by atoms with E-state index in [1.807, 2.05) is 6.07 Å². The van der Waals surface area contributed by atoms with Crippen molar-refractivity contribution in [2.75, 3.05) is 10.6 Å². The maximum atomic E-state index is 13.0. The Morgan fingerprint density at radius 2 is 2.04 bits per heavy atom. The molecular weight excluding hydrogens is 335 g/mol.